The molecule has 0 aromatic heterocycles. The molecular formula is C32H42F4N2O4S. The summed E-state index contributed by atoms with van der Waals surface area (Å²) in [4.78, 5) is 4.34. The minimum absolute atomic E-state index is 0.0843. The molecule has 2 aromatic rings. The third kappa shape index (κ3) is 9.17. The second kappa shape index (κ2) is 14.0. The number of nitrogens with zero attached hydrogens (tertiary/aromatic N) is 1. The molecule has 2 fully saturated rings. The monoisotopic (exact) mass is 626 g/mol. The number of hydrogen-bond donors (Lipinski definition) is 2. The molecular weight excluding hydrogens is 584 g/mol. The topological polar surface area (TPSA) is 88.0 Å². The van der Waals surface area contributed by atoms with E-state index in [0.29, 0.717) is 0 Å². The molecule has 2 aromatic carbocycles. The number of aliphatic imine (C=N–C) groups is 1. The van der Waals surface area contributed by atoms with Crippen LogP contribution in [0.5, 0.6) is 0 Å². The molecule has 0 spiro atoms. The van der Waals surface area contributed by atoms with Gasteiger partial charge in [-0.1, -0.05) is 61.7 Å². The van der Waals surface area contributed by atoms with E-state index in [9.17, 15) is 31.1 Å². The lowest BCUT2D eigenvalue weighted by molar-refractivity contribution is -0.137. The predicted octanol–water partition coefficient (Wildman–Crippen LogP) is 7.34. The number of alkyl halides is 3. The van der Waals surface area contributed by atoms with Gasteiger partial charge in [-0.15, -0.1) is 0 Å². The normalized spacial score (nSPS) is 25.7. The van der Waals surface area contributed by atoms with Gasteiger partial charge in [0.05, 0.1) is 6.04 Å². The number of benzene rings is 2. The van der Waals surface area contributed by atoms with Gasteiger partial charge in [-0.25, -0.2) is 22.5 Å². The Balaban J connectivity index is 1.43. The fraction of sp³-hybridized carbons (Fsp3) is 0.594. The number of ether oxygens (including phenoxy) is 1. The predicted molar refractivity (Wildman–Crippen MR) is 159 cm³/mol. The smallest absolute Gasteiger partial charge is 0.389 e. The Bertz CT molecular complexity index is 1350. The summed E-state index contributed by atoms with van der Waals surface area (Å²) in [6.45, 7) is 3.08. The molecule has 3 unspecified atom stereocenters. The summed E-state index contributed by atoms with van der Waals surface area (Å²) in [6.07, 6.45) is 0.992. The van der Waals surface area contributed by atoms with Crippen LogP contribution in [0.1, 0.15) is 100 Å². The van der Waals surface area contributed by atoms with Crippen LogP contribution in [-0.2, 0) is 21.2 Å². The van der Waals surface area contributed by atoms with E-state index in [2.05, 4.69) is 9.71 Å². The Morgan fingerprint density at radius 1 is 1.05 bits per heavy atom. The van der Waals surface area contributed by atoms with Gasteiger partial charge in [0.1, 0.15) is 16.7 Å². The van der Waals surface area contributed by atoms with E-state index in [1.165, 1.54) is 18.2 Å². The van der Waals surface area contributed by atoms with E-state index in [0.717, 1.165) is 49.7 Å². The molecule has 1 aliphatic carbocycles. The average molecular weight is 627 g/mol. The van der Waals surface area contributed by atoms with Crippen LogP contribution in [0, 0.1) is 11.7 Å². The fourth-order valence-electron chi connectivity index (χ4n) is 6.29. The van der Waals surface area contributed by atoms with Gasteiger partial charge >= 0.3 is 6.18 Å². The van der Waals surface area contributed by atoms with Gasteiger partial charge < -0.3 is 9.84 Å². The van der Waals surface area contributed by atoms with Gasteiger partial charge in [-0.05, 0) is 81.4 Å². The second-order valence-corrected chi connectivity index (χ2v) is 14.2. The van der Waals surface area contributed by atoms with Gasteiger partial charge in [-0.2, -0.15) is 13.2 Å². The number of nitrogens with one attached hydrogen (secondary N) is 1. The third-order valence-electron chi connectivity index (χ3n) is 8.73. The lowest BCUT2D eigenvalue weighted by atomic mass is 9.80. The van der Waals surface area contributed by atoms with Crippen molar-refractivity contribution in [2.75, 3.05) is 6.61 Å². The quantitative estimate of drug-likeness (QED) is 0.285. The molecule has 0 radical (unpaired) electrons. The first-order chi connectivity index (χ1) is 20.3. The van der Waals surface area contributed by atoms with Crippen molar-refractivity contribution in [1.29, 1.82) is 0 Å². The maximum Gasteiger partial charge on any atom is 0.389 e. The standard InChI is InChI=1S/C32H42F4N2O4S/c1-31(2)29(43(40,41)38-30(42-31)37-28(18-20-39)26-9-5-6-10-27(26)33)21-23-12-15-25(16-13-23)24-8-4-3-7-22(11-14-24)17-19-32(34,35)36/h5-6,9-10,12-13,15-16,22,24,28-29,39H,3-4,7-8,11,14,17-21H2,1-2H3,(H,37,38)/t22?,24?,28-,29?/m0/s1. The van der Waals surface area contributed by atoms with Crippen LogP contribution in [0.3, 0.4) is 0 Å². The number of amidine groups is 1. The zero-order chi connectivity index (χ0) is 31.3. The van der Waals surface area contributed by atoms with Crippen molar-refractivity contribution in [2.24, 2.45) is 10.9 Å². The first-order valence-corrected chi connectivity index (χ1v) is 16.6. The molecule has 0 bridgehead atoms. The van der Waals surface area contributed by atoms with Gasteiger partial charge in [0.15, 0.2) is 0 Å². The number of hydrogen-bond acceptors (Lipinski definition) is 5. The lowest BCUT2D eigenvalue weighted by Gasteiger charge is -2.39. The van der Waals surface area contributed by atoms with Gasteiger partial charge in [-0.3, -0.25) is 0 Å². The van der Waals surface area contributed by atoms with E-state index in [4.69, 9.17) is 4.74 Å². The summed E-state index contributed by atoms with van der Waals surface area (Å²) in [5, 5.41) is 8.57. The highest BCUT2D eigenvalue weighted by Gasteiger charge is 2.47. The van der Waals surface area contributed by atoms with Crippen LogP contribution >= 0.6 is 0 Å². The molecule has 11 heteroatoms. The molecule has 4 atom stereocenters. The van der Waals surface area contributed by atoms with Crippen molar-refractivity contribution in [1.82, 2.24) is 4.72 Å². The Morgan fingerprint density at radius 3 is 2.40 bits per heavy atom. The zero-order valence-corrected chi connectivity index (χ0v) is 25.6. The largest absolute Gasteiger partial charge is 0.457 e. The van der Waals surface area contributed by atoms with E-state index in [1.54, 1.807) is 19.9 Å². The Kier molecular flexibility index (Phi) is 10.8. The van der Waals surface area contributed by atoms with E-state index < -0.39 is 45.3 Å². The van der Waals surface area contributed by atoms with E-state index in [-0.39, 0.29) is 49.3 Å². The number of aliphatic hydroxyl groups is 1. The van der Waals surface area contributed by atoms with Crippen LogP contribution in [0.2, 0.25) is 0 Å². The van der Waals surface area contributed by atoms with E-state index in [1.807, 2.05) is 24.3 Å². The molecule has 238 valence electrons. The number of aliphatic hydroxyl groups excluding tert-OH is 1. The molecule has 1 saturated carbocycles. The molecule has 2 aliphatic rings. The summed E-state index contributed by atoms with van der Waals surface area (Å²) in [7, 11) is -3.94. The minimum Gasteiger partial charge on any atom is -0.457 e. The van der Waals surface area contributed by atoms with Crippen molar-refractivity contribution in [3.8, 4) is 0 Å². The summed E-state index contributed by atoms with van der Waals surface area (Å²) >= 11 is 0. The highest BCUT2D eigenvalue weighted by Crippen LogP contribution is 2.37. The molecule has 43 heavy (non-hydrogen) atoms. The average Bonchev–Trinajstić information content (AvgIpc) is 2.90. The molecule has 1 heterocycles. The molecule has 1 aliphatic heterocycles. The van der Waals surface area contributed by atoms with Crippen LogP contribution in [0.15, 0.2) is 53.5 Å². The van der Waals surface area contributed by atoms with Crippen molar-refractivity contribution in [2.45, 2.75) is 107 Å². The van der Waals surface area contributed by atoms with Gasteiger partial charge in [0, 0.05) is 18.6 Å². The van der Waals surface area contributed by atoms with Crippen LogP contribution < -0.4 is 4.72 Å². The Labute approximate surface area is 252 Å². The van der Waals surface area contributed by atoms with Crippen molar-refractivity contribution < 1.29 is 35.8 Å². The minimum atomic E-state index is -4.11. The lowest BCUT2D eigenvalue weighted by Crippen LogP contribution is -2.59. The second-order valence-electron chi connectivity index (χ2n) is 12.3. The summed E-state index contributed by atoms with van der Waals surface area (Å²) < 4.78 is 87.9. The molecule has 0 amide bonds. The molecule has 4 rings (SSSR count). The number of sulfonamides is 1. The van der Waals surface area contributed by atoms with Crippen molar-refractivity contribution in [3.63, 3.8) is 0 Å². The SMILES string of the molecule is CC1(C)OC(=N[C@@H](CCO)c2ccccc2F)NS(=O)(=O)C1Cc1ccc(C2CCCCC(CCC(F)(F)F)CC2)cc1. The van der Waals surface area contributed by atoms with Crippen LogP contribution in [0.4, 0.5) is 17.6 Å². The Hall–Kier alpha value is -2.66. The summed E-state index contributed by atoms with van der Waals surface area (Å²) in [6, 6.07) is 12.8. The first kappa shape index (κ1) is 33.2. The summed E-state index contributed by atoms with van der Waals surface area (Å²) in [5.41, 5.74) is 1.01. The molecule has 1 saturated heterocycles. The van der Waals surface area contributed by atoms with E-state index >= 15 is 0 Å². The maximum absolute atomic E-state index is 14.4. The molecule has 2 N–H and O–H groups in total. The summed E-state index contributed by atoms with van der Waals surface area (Å²) in [5.74, 6) is -0.151. The maximum atomic E-state index is 14.4. The van der Waals surface area contributed by atoms with Crippen molar-refractivity contribution >= 4 is 16.0 Å². The van der Waals surface area contributed by atoms with Crippen LogP contribution in [0.25, 0.3) is 0 Å². The first-order valence-electron chi connectivity index (χ1n) is 15.1. The third-order valence-corrected chi connectivity index (χ3v) is 10.7. The molecule has 6 nitrogen and oxygen atoms in total. The number of halogens is 4. The Morgan fingerprint density at radius 2 is 1.74 bits per heavy atom. The number of rotatable bonds is 9. The fourth-order valence-corrected chi connectivity index (χ4v) is 7.98. The highest BCUT2D eigenvalue weighted by molar-refractivity contribution is 7.90. The van der Waals surface area contributed by atoms with Crippen molar-refractivity contribution in [3.05, 3.63) is 71.0 Å². The zero-order valence-electron chi connectivity index (χ0n) is 24.7. The van der Waals surface area contributed by atoms with Crippen LogP contribution in [-0.4, -0.2) is 43.2 Å². The van der Waals surface area contributed by atoms with Gasteiger partial charge in [0.2, 0.25) is 10.0 Å². The highest BCUT2D eigenvalue weighted by atomic mass is 32.2. The van der Waals surface area contributed by atoms with Gasteiger partial charge in [0.25, 0.3) is 6.02 Å².